The van der Waals surface area contributed by atoms with Gasteiger partial charge in [0.1, 0.15) is 0 Å². The molecule has 16 heavy (non-hydrogen) atoms. The van der Waals surface area contributed by atoms with Gasteiger partial charge in [0.25, 0.3) is 5.91 Å². The van der Waals surface area contributed by atoms with Crippen LogP contribution < -0.4 is 5.48 Å². The van der Waals surface area contributed by atoms with E-state index in [0.29, 0.717) is 11.4 Å². The average Bonchev–Trinajstić information content (AvgIpc) is 2.43. The number of aromatic nitrogens is 2. The van der Waals surface area contributed by atoms with Gasteiger partial charge in [0, 0.05) is 5.69 Å². The van der Waals surface area contributed by atoms with Crippen LogP contribution in [0.1, 0.15) is 21.7 Å². The second-order valence-electron chi connectivity index (χ2n) is 3.14. The molecule has 5 nitrogen and oxygen atoms in total. The Morgan fingerprint density at radius 1 is 1.50 bits per heavy atom. The first-order valence-corrected chi connectivity index (χ1v) is 4.31. The molecule has 1 amide bonds. The fraction of sp³-hybridized carbons (Fsp3) is 0.500. The molecule has 0 atom stereocenters. The van der Waals surface area contributed by atoms with Crippen molar-refractivity contribution in [3.05, 3.63) is 17.0 Å². The summed E-state index contributed by atoms with van der Waals surface area (Å²) < 4.78 is 35.1. The number of hydrogen-bond acceptors (Lipinski definition) is 3. The van der Waals surface area contributed by atoms with Crippen LogP contribution in [0.4, 0.5) is 13.2 Å². The molecule has 0 aliphatic heterocycles. The van der Waals surface area contributed by atoms with E-state index < -0.39 is 18.7 Å². The molecule has 1 aromatic heterocycles. The quantitative estimate of drug-likeness (QED) is 0.777. The van der Waals surface area contributed by atoms with Crippen molar-refractivity contribution in [2.45, 2.75) is 20.0 Å². The molecule has 1 rings (SSSR count). The zero-order valence-electron chi connectivity index (χ0n) is 8.60. The van der Waals surface area contributed by atoms with Crippen LogP contribution in [0.15, 0.2) is 0 Å². The van der Waals surface area contributed by atoms with Gasteiger partial charge in [-0.15, -0.1) is 0 Å². The highest BCUT2D eigenvalue weighted by Gasteiger charge is 2.28. The summed E-state index contributed by atoms with van der Waals surface area (Å²) in [6, 6.07) is 0. The molecule has 0 bridgehead atoms. The van der Waals surface area contributed by atoms with Gasteiger partial charge in [0.2, 0.25) is 0 Å². The minimum Gasteiger partial charge on any atom is -0.282 e. The number of amides is 1. The molecule has 0 spiro atoms. The van der Waals surface area contributed by atoms with Crippen LogP contribution in [0.5, 0.6) is 0 Å². The number of aryl methyl sites for hydroxylation is 2. The maximum atomic E-state index is 11.7. The SMILES string of the molecule is Cc1n[nH]c(C)c1C(=O)NOCC(F)(F)F. The maximum absolute atomic E-state index is 11.7. The molecule has 2 N–H and O–H groups in total. The summed E-state index contributed by atoms with van der Waals surface area (Å²) >= 11 is 0. The summed E-state index contributed by atoms with van der Waals surface area (Å²) in [6.07, 6.45) is -4.48. The van der Waals surface area contributed by atoms with Gasteiger partial charge in [0.15, 0.2) is 6.61 Å². The number of hydroxylamine groups is 1. The number of carbonyl (C=O) groups excluding carboxylic acids is 1. The average molecular weight is 237 g/mol. The van der Waals surface area contributed by atoms with Gasteiger partial charge >= 0.3 is 6.18 Å². The van der Waals surface area contributed by atoms with Crippen LogP contribution >= 0.6 is 0 Å². The van der Waals surface area contributed by atoms with E-state index in [4.69, 9.17) is 0 Å². The van der Waals surface area contributed by atoms with E-state index in [9.17, 15) is 18.0 Å². The fourth-order valence-corrected chi connectivity index (χ4v) is 1.12. The van der Waals surface area contributed by atoms with Crippen molar-refractivity contribution in [3.8, 4) is 0 Å². The second-order valence-corrected chi connectivity index (χ2v) is 3.14. The van der Waals surface area contributed by atoms with Gasteiger partial charge in [-0.1, -0.05) is 0 Å². The third-order valence-electron chi connectivity index (χ3n) is 1.76. The van der Waals surface area contributed by atoms with Crippen LogP contribution in [0.2, 0.25) is 0 Å². The first-order valence-electron chi connectivity index (χ1n) is 4.31. The van der Waals surface area contributed by atoms with E-state index in [1.807, 2.05) is 0 Å². The van der Waals surface area contributed by atoms with Crippen molar-refractivity contribution in [1.82, 2.24) is 15.7 Å². The number of aromatic amines is 1. The number of rotatable bonds is 3. The van der Waals surface area contributed by atoms with Gasteiger partial charge < -0.3 is 0 Å². The van der Waals surface area contributed by atoms with E-state index in [0.717, 1.165) is 0 Å². The summed E-state index contributed by atoms with van der Waals surface area (Å²) in [5, 5.41) is 6.27. The first kappa shape index (κ1) is 12.5. The number of nitrogens with zero attached hydrogens (tertiary/aromatic N) is 1. The zero-order chi connectivity index (χ0) is 12.3. The molecule has 1 heterocycles. The molecular weight excluding hydrogens is 227 g/mol. The standard InChI is InChI=1S/C8H10F3N3O2/c1-4-6(5(2)13-12-4)7(15)14-16-3-8(9,10)11/h3H2,1-2H3,(H,12,13)(H,14,15). The summed E-state index contributed by atoms with van der Waals surface area (Å²) in [5.41, 5.74) is 2.74. The maximum Gasteiger partial charge on any atom is 0.414 e. The lowest BCUT2D eigenvalue weighted by atomic mass is 10.2. The molecule has 0 aromatic carbocycles. The van der Waals surface area contributed by atoms with Crippen LogP contribution in [0, 0.1) is 13.8 Å². The molecular formula is C8H10F3N3O2. The van der Waals surface area contributed by atoms with Crippen LogP contribution in [-0.2, 0) is 4.84 Å². The third-order valence-corrected chi connectivity index (χ3v) is 1.76. The Balaban J connectivity index is 2.54. The van der Waals surface area contributed by atoms with E-state index in [1.54, 1.807) is 19.3 Å². The highest BCUT2D eigenvalue weighted by atomic mass is 19.4. The zero-order valence-corrected chi connectivity index (χ0v) is 8.60. The van der Waals surface area contributed by atoms with E-state index in [-0.39, 0.29) is 5.56 Å². The van der Waals surface area contributed by atoms with Crippen molar-refractivity contribution in [1.29, 1.82) is 0 Å². The highest BCUT2D eigenvalue weighted by molar-refractivity contribution is 5.95. The van der Waals surface area contributed by atoms with Crippen molar-refractivity contribution in [3.63, 3.8) is 0 Å². The summed E-state index contributed by atoms with van der Waals surface area (Å²) in [4.78, 5) is 15.4. The summed E-state index contributed by atoms with van der Waals surface area (Å²) in [5.74, 6) is -0.756. The number of nitrogens with one attached hydrogen (secondary N) is 2. The van der Waals surface area contributed by atoms with Crippen LogP contribution in [0.25, 0.3) is 0 Å². The Hall–Kier alpha value is -1.57. The Kier molecular flexibility index (Phi) is 3.53. The van der Waals surface area contributed by atoms with Gasteiger partial charge in [-0.25, -0.2) is 5.48 Å². The molecule has 90 valence electrons. The summed E-state index contributed by atoms with van der Waals surface area (Å²) in [6.45, 7) is 1.61. The second kappa shape index (κ2) is 4.52. The Bertz CT molecular complexity index is 367. The molecule has 0 fully saturated rings. The van der Waals surface area contributed by atoms with Gasteiger partial charge in [-0.05, 0) is 13.8 Å². The molecule has 1 aromatic rings. The molecule has 0 aliphatic rings. The lowest BCUT2D eigenvalue weighted by Crippen LogP contribution is -2.30. The Labute approximate surface area is 88.9 Å². The van der Waals surface area contributed by atoms with E-state index in [1.165, 1.54) is 0 Å². The fourth-order valence-electron chi connectivity index (χ4n) is 1.12. The molecule has 0 radical (unpaired) electrons. The summed E-state index contributed by atoms with van der Waals surface area (Å²) in [7, 11) is 0. The number of H-pyrrole nitrogens is 1. The molecule has 0 unspecified atom stereocenters. The monoisotopic (exact) mass is 237 g/mol. The Morgan fingerprint density at radius 2 is 2.12 bits per heavy atom. The van der Waals surface area contributed by atoms with Crippen LogP contribution in [0.3, 0.4) is 0 Å². The lowest BCUT2D eigenvalue weighted by Gasteiger charge is -2.08. The van der Waals surface area contributed by atoms with E-state index >= 15 is 0 Å². The van der Waals surface area contributed by atoms with Crippen molar-refractivity contribution >= 4 is 5.91 Å². The minimum absolute atomic E-state index is 0.183. The van der Waals surface area contributed by atoms with E-state index in [2.05, 4.69) is 15.0 Å². The Morgan fingerprint density at radius 3 is 2.56 bits per heavy atom. The minimum atomic E-state index is -4.48. The third kappa shape index (κ3) is 3.23. The van der Waals surface area contributed by atoms with Crippen molar-refractivity contribution in [2.75, 3.05) is 6.61 Å². The van der Waals surface area contributed by atoms with Gasteiger partial charge in [-0.2, -0.15) is 18.3 Å². The number of halogens is 3. The number of alkyl halides is 3. The van der Waals surface area contributed by atoms with Gasteiger partial charge in [0.05, 0.1) is 11.3 Å². The van der Waals surface area contributed by atoms with Crippen LogP contribution in [-0.4, -0.2) is 28.9 Å². The number of carbonyl (C=O) groups is 1. The predicted molar refractivity (Wildman–Crippen MR) is 47.5 cm³/mol. The van der Waals surface area contributed by atoms with Crippen molar-refractivity contribution < 1.29 is 22.8 Å². The topological polar surface area (TPSA) is 67.0 Å². The van der Waals surface area contributed by atoms with Crippen molar-refractivity contribution in [2.24, 2.45) is 0 Å². The molecule has 0 aliphatic carbocycles. The normalized spacial score (nSPS) is 11.6. The lowest BCUT2D eigenvalue weighted by molar-refractivity contribution is -0.184. The number of hydrogen-bond donors (Lipinski definition) is 2. The molecule has 0 saturated heterocycles. The molecule has 0 saturated carbocycles. The first-order chi connectivity index (χ1) is 7.31. The predicted octanol–water partition coefficient (Wildman–Crippen LogP) is 1.25. The largest absolute Gasteiger partial charge is 0.414 e. The highest BCUT2D eigenvalue weighted by Crippen LogP contribution is 2.14. The smallest absolute Gasteiger partial charge is 0.282 e. The molecule has 8 heteroatoms. The van der Waals surface area contributed by atoms with Gasteiger partial charge in [-0.3, -0.25) is 14.7 Å².